The molecule has 0 aromatic heterocycles. The molecule has 4 heteroatoms. The number of piperidine rings is 1. The highest BCUT2D eigenvalue weighted by Gasteiger charge is 2.41. The van der Waals surface area contributed by atoms with Crippen molar-refractivity contribution in [2.75, 3.05) is 32.7 Å². The van der Waals surface area contributed by atoms with Crippen LogP contribution in [0, 0.1) is 11.3 Å². The predicted octanol–water partition coefficient (Wildman–Crippen LogP) is 1.71. The molecular formula is C16H21N3O. The molecule has 1 aromatic rings. The summed E-state index contributed by atoms with van der Waals surface area (Å²) in [6.07, 6.45) is 2.13. The van der Waals surface area contributed by atoms with Crippen LogP contribution in [0.3, 0.4) is 0 Å². The van der Waals surface area contributed by atoms with Crippen molar-refractivity contribution in [3.63, 3.8) is 0 Å². The number of rotatable bonds is 2. The van der Waals surface area contributed by atoms with Crippen molar-refractivity contribution in [1.29, 1.82) is 5.26 Å². The predicted molar refractivity (Wildman–Crippen MR) is 77.2 cm³/mol. The van der Waals surface area contributed by atoms with Crippen molar-refractivity contribution in [3.8, 4) is 6.07 Å². The third kappa shape index (κ3) is 2.85. The van der Waals surface area contributed by atoms with Gasteiger partial charge in [-0.3, -0.25) is 4.90 Å². The number of hydrogen-bond acceptors (Lipinski definition) is 4. The van der Waals surface area contributed by atoms with Gasteiger partial charge in [0.2, 0.25) is 0 Å². The molecule has 3 rings (SSSR count). The van der Waals surface area contributed by atoms with Gasteiger partial charge in [-0.1, -0.05) is 30.3 Å². The molecule has 20 heavy (non-hydrogen) atoms. The summed E-state index contributed by atoms with van der Waals surface area (Å²) in [6, 6.07) is 12.7. The van der Waals surface area contributed by atoms with Crippen molar-refractivity contribution in [2.45, 2.75) is 24.5 Å². The molecule has 2 fully saturated rings. The first-order valence-corrected chi connectivity index (χ1v) is 7.34. The summed E-state index contributed by atoms with van der Waals surface area (Å²) in [6.45, 7) is 4.18. The number of nitriles is 1. The Hall–Kier alpha value is -1.41. The van der Waals surface area contributed by atoms with Gasteiger partial charge in [-0.25, -0.2) is 0 Å². The minimum atomic E-state index is -0.0825. The van der Waals surface area contributed by atoms with Crippen molar-refractivity contribution in [3.05, 3.63) is 35.9 Å². The molecule has 0 amide bonds. The summed E-state index contributed by atoms with van der Waals surface area (Å²) >= 11 is 0. The number of nitrogens with one attached hydrogen (secondary N) is 1. The minimum Gasteiger partial charge on any atom is -0.364 e. The van der Waals surface area contributed by atoms with E-state index in [1.165, 1.54) is 5.56 Å². The Morgan fingerprint density at radius 1 is 1.30 bits per heavy atom. The molecular weight excluding hydrogens is 250 g/mol. The Bertz CT molecular complexity index is 476. The van der Waals surface area contributed by atoms with Crippen molar-refractivity contribution in [1.82, 2.24) is 10.2 Å². The molecule has 2 aliphatic heterocycles. The molecule has 1 atom stereocenters. The summed E-state index contributed by atoms with van der Waals surface area (Å²) in [4.78, 5) is 2.24. The Labute approximate surface area is 120 Å². The van der Waals surface area contributed by atoms with E-state index in [-0.39, 0.29) is 11.7 Å². The average molecular weight is 271 g/mol. The largest absolute Gasteiger partial charge is 0.364 e. The lowest BCUT2D eigenvalue weighted by Gasteiger charge is -2.48. The number of benzene rings is 1. The van der Waals surface area contributed by atoms with Gasteiger partial charge in [0.15, 0.2) is 0 Å². The van der Waals surface area contributed by atoms with E-state index < -0.39 is 0 Å². The fourth-order valence-corrected chi connectivity index (χ4v) is 3.30. The van der Waals surface area contributed by atoms with E-state index in [9.17, 15) is 0 Å². The molecule has 1 spiro atoms. The lowest BCUT2D eigenvalue weighted by atomic mass is 9.88. The van der Waals surface area contributed by atoms with E-state index >= 15 is 0 Å². The summed E-state index contributed by atoms with van der Waals surface area (Å²) in [5.41, 5.74) is 1.13. The quantitative estimate of drug-likeness (QED) is 0.832. The molecule has 0 saturated carbocycles. The molecule has 1 unspecified atom stereocenters. The minimum absolute atomic E-state index is 0.0800. The number of hydrogen-bond donors (Lipinski definition) is 1. The van der Waals surface area contributed by atoms with Gasteiger partial charge in [-0.05, 0) is 31.5 Å². The number of nitrogens with zero attached hydrogens (tertiary/aromatic N) is 2. The van der Waals surface area contributed by atoms with E-state index in [2.05, 4.69) is 40.6 Å². The molecule has 0 aliphatic carbocycles. The molecule has 0 bridgehead atoms. The van der Waals surface area contributed by atoms with Crippen molar-refractivity contribution < 1.29 is 4.74 Å². The van der Waals surface area contributed by atoms with Crippen LogP contribution < -0.4 is 5.32 Å². The maximum absolute atomic E-state index is 9.02. The Morgan fingerprint density at radius 2 is 2.05 bits per heavy atom. The number of morpholine rings is 1. The molecule has 4 nitrogen and oxygen atoms in total. The average Bonchev–Trinajstić information content (AvgIpc) is 2.49. The fourth-order valence-electron chi connectivity index (χ4n) is 3.30. The van der Waals surface area contributed by atoms with Gasteiger partial charge < -0.3 is 10.1 Å². The second kappa shape index (κ2) is 5.92. The topological polar surface area (TPSA) is 48.3 Å². The third-order valence-electron chi connectivity index (χ3n) is 4.31. The summed E-state index contributed by atoms with van der Waals surface area (Å²) in [5.74, 6) is 0. The first-order valence-electron chi connectivity index (χ1n) is 7.34. The van der Waals surface area contributed by atoms with Gasteiger partial charge in [0, 0.05) is 13.1 Å². The van der Waals surface area contributed by atoms with Crippen molar-refractivity contribution in [2.24, 2.45) is 0 Å². The second-order valence-electron chi connectivity index (χ2n) is 5.78. The Morgan fingerprint density at radius 3 is 2.75 bits per heavy atom. The summed E-state index contributed by atoms with van der Waals surface area (Å²) in [7, 11) is 0. The van der Waals surface area contributed by atoms with Crippen LogP contribution >= 0.6 is 0 Å². The van der Waals surface area contributed by atoms with E-state index in [0.717, 1.165) is 39.0 Å². The standard InChI is InChI=1S/C16H21N3O/c17-8-11-19-12-15(14-4-2-1-3-5-14)20-16(13-19)6-9-18-10-7-16/h1-5,15,18H,6-7,9-13H2. The smallest absolute Gasteiger partial charge is 0.0960 e. The number of ether oxygens (including phenoxy) is 1. The van der Waals surface area contributed by atoms with Crippen LogP contribution in [0.1, 0.15) is 24.5 Å². The Kier molecular flexibility index (Phi) is 4.02. The lowest BCUT2D eigenvalue weighted by molar-refractivity contribution is -0.167. The van der Waals surface area contributed by atoms with Crippen LogP contribution in [-0.2, 0) is 4.74 Å². The van der Waals surface area contributed by atoms with Gasteiger partial charge in [0.05, 0.1) is 24.3 Å². The molecule has 106 valence electrons. The summed E-state index contributed by atoms with van der Waals surface area (Å²) < 4.78 is 6.49. The molecule has 2 saturated heterocycles. The molecule has 2 aliphatic rings. The first kappa shape index (κ1) is 13.6. The zero-order valence-corrected chi connectivity index (χ0v) is 11.7. The molecule has 1 aromatic carbocycles. The van der Waals surface area contributed by atoms with Crippen molar-refractivity contribution >= 4 is 0 Å². The van der Waals surface area contributed by atoms with Crippen LogP contribution in [-0.4, -0.2) is 43.2 Å². The van der Waals surface area contributed by atoms with Crippen LogP contribution in [0.15, 0.2) is 30.3 Å². The Balaban J connectivity index is 1.82. The highest BCUT2D eigenvalue weighted by molar-refractivity contribution is 5.19. The van der Waals surface area contributed by atoms with E-state index in [0.29, 0.717) is 6.54 Å². The second-order valence-corrected chi connectivity index (χ2v) is 5.78. The van der Waals surface area contributed by atoms with Gasteiger partial charge >= 0.3 is 0 Å². The van der Waals surface area contributed by atoms with Crippen LogP contribution in [0.25, 0.3) is 0 Å². The van der Waals surface area contributed by atoms with E-state index in [1.807, 2.05) is 6.07 Å². The van der Waals surface area contributed by atoms with E-state index in [4.69, 9.17) is 10.00 Å². The van der Waals surface area contributed by atoms with Gasteiger partial charge in [0.1, 0.15) is 0 Å². The monoisotopic (exact) mass is 271 g/mol. The maximum Gasteiger partial charge on any atom is 0.0960 e. The highest BCUT2D eigenvalue weighted by Crippen LogP contribution is 2.36. The van der Waals surface area contributed by atoms with Crippen LogP contribution in [0.2, 0.25) is 0 Å². The third-order valence-corrected chi connectivity index (χ3v) is 4.31. The first-order chi connectivity index (χ1) is 9.81. The zero-order chi connectivity index (χ0) is 13.8. The summed E-state index contributed by atoms with van der Waals surface area (Å²) in [5, 5.41) is 12.4. The van der Waals surface area contributed by atoms with Gasteiger partial charge in [-0.15, -0.1) is 0 Å². The normalized spacial score (nSPS) is 26.2. The molecule has 2 heterocycles. The van der Waals surface area contributed by atoms with Gasteiger partial charge in [-0.2, -0.15) is 5.26 Å². The SMILES string of the molecule is N#CCN1CC(c2ccccc2)OC2(CCNCC2)C1. The fraction of sp³-hybridized carbons (Fsp3) is 0.562. The highest BCUT2D eigenvalue weighted by atomic mass is 16.5. The molecule has 1 N–H and O–H groups in total. The van der Waals surface area contributed by atoms with Crippen LogP contribution in [0.4, 0.5) is 0 Å². The van der Waals surface area contributed by atoms with Crippen LogP contribution in [0.5, 0.6) is 0 Å². The van der Waals surface area contributed by atoms with Gasteiger partial charge in [0.25, 0.3) is 0 Å². The lowest BCUT2D eigenvalue weighted by Crippen LogP contribution is -2.57. The zero-order valence-electron chi connectivity index (χ0n) is 11.7. The van der Waals surface area contributed by atoms with E-state index in [1.54, 1.807) is 0 Å². The molecule has 0 radical (unpaired) electrons. The maximum atomic E-state index is 9.02.